The molecule has 27 heavy (non-hydrogen) atoms. The van der Waals surface area contributed by atoms with Gasteiger partial charge < -0.3 is 33.9 Å². The van der Waals surface area contributed by atoms with E-state index >= 15 is 0 Å². The van der Waals surface area contributed by atoms with Crippen molar-refractivity contribution in [3.05, 3.63) is 27.7 Å². The molecule has 0 saturated carbocycles. The number of carbonyl (C=O) groups excluding carboxylic acids is 1. The van der Waals surface area contributed by atoms with Crippen molar-refractivity contribution in [3.8, 4) is 0 Å². The number of hydrogen-bond donors (Lipinski definition) is 6. The van der Waals surface area contributed by atoms with E-state index < -0.39 is 23.9 Å². The summed E-state index contributed by atoms with van der Waals surface area (Å²) in [5, 5.41) is 29.2. The molecule has 0 aliphatic heterocycles. The van der Waals surface area contributed by atoms with E-state index in [1.54, 1.807) is 0 Å². The fourth-order valence-electron chi connectivity index (χ4n) is 0.212. The molecule has 15 heteroatoms. The van der Waals surface area contributed by atoms with Gasteiger partial charge in [0.15, 0.2) is 23.9 Å². The van der Waals surface area contributed by atoms with Crippen LogP contribution in [0, 0.1) is 27.7 Å². The molecule has 155 valence electrons. The van der Waals surface area contributed by atoms with E-state index in [2.05, 4.69) is 38.0 Å². The van der Waals surface area contributed by atoms with Crippen molar-refractivity contribution >= 4 is 29.8 Å². The molecule has 0 amide bonds. The van der Waals surface area contributed by atoms with Crippen molar-refractivity contribution in [2.45, 2.75) is 6.92 Å². The van der Waals surface area contributed by atoms with Gasteiger partial charge in [0.05, 0.1) is 0 Å². The van der Waals surface area contributed by atoms with Crippen LogP contribution in [0.3, 0.4) is 0 Å². The molecule has 0 heterocycles. The number of hydroxylamine groups is 1. The van der Waals surface area contributed by atoms with Crippen LogP contribution in [0.2, 0.25) is 0 Å². The Morgan fingerprint density at radius 1 is 0.852 bits per heavy atom. The first-order valence-electron chi connectivity index (χ1n) is 5.50. The smallest absolute Gasteiger partial charge is 1.00 e. The van der Waals surface area contributed by atoms with Gasteiger partial charge in [-0.15, -0.1) is 0 Å². The number of carboxylic acids is 4. The quantitative estimate of drug-likeness (QED) is 0.101. The third-order valence-electron chi connectivity index (χ3n) is 0.462. The van der Waals surface area contributed by atoms with Crippen LogP contribution in [0.4, 0.5) is 0 Å². The van der Waals surface area contributed by atoms with Crippen molar-refractivity contribution < 1.29 is 128 Å². The number of carboxylic acid groups (broad SMARTS) is 4. The molecule has 0 aromatic carbocycles. The molecular formula is C12H24MnN2Na2O10-4. The van der Waals surface area contributed by atoms with E-state index in [-0.39, 0.29) is 85.0 Å². The molecule has 0 aromatic rings. The second kappa shape index (κ2) is 44.6. The topological polar surface area (TPSA) is 214 Å². The Hall–Kier alpha value is -0.731. The Morgan fingerprint density at radius 2 is 1.04 bits per heavy atom. The van der Waals surface area contributed by atoms with Crippen molar-refractivity contribution in [2.24, 2.45) is 5.73 Å². The predicted octanol–water partition coefficient (Wildman–Crippen LogP) is -7.14. The summed E-state index contributed by atoms with van der Waals surface area (Å²) in [4.78, 5) is 49.9. The number of aliphatic carboxylic acids is 4. The van der Waals surface area contributed by atoms with E-state index in [1.165, 1.54) is 6.92 Å². The summed E-state index contributed by atoms with van der Waals surface area (Å²) < 4.78 is 0. The number of nitrogens with one attached hydrogen (secondary N) is 1. The van der Waals surface area contributed by atoms with Crippen molar-refractivity contribution in [1.82, 2.24) is 5.48 Å². The maximum atomic E-state index is 9.99. The van der Waals surface area contributed by atoms with Gasteiger partial charge in [0.25, 0.3) is 0 Å². The van der Waals surface area contributed by atoms with Crippen LogP contribution in [-0.2, 0) is 45.9 Å². The predicted molar refractivity (Wildman–Crippen MR) is 83.0 cm³/mol. The molecule has 0 aliphatic carbocycles. The first-order valence-corrected chi connectivity index (χ1v) is 5.50. The van der Waals surface area contributed by atoms with Crippen LogP contribution in [0.25, 0.3) is 0 Å². The Labute approximate surface area is 215 Å². The second-order valence-corrected chi connectivity index (χ2v) is 2.85. The van der Waals surface area contributed by atoms with Gasteiger partial charge in [0, 0.05) is 37.1 Å². The first-order chi connectivity index (χ1) is 10.7. The Balaban J connectivity index is -0.0000000193. The molecule has 12 nitrogen and oxygen atoms in total. The number of carbonyl (C=O) groups is 5. The molecule has 7 N–H and O–H groups in total. The van der Waals surface area contributed by atoms with Gasteiger partial charge in [-0.1, -0.05) is 0 Å². The normalized spacial score (nSPS) is 6.15. The first kappa shape index (κ1) is 50.3. The minimum absolute atomic E-state index is 0. The summed E-state index contributed by atoms with van der Waals surface area (Å²) in [6.45, 7) is 12.5. The van der Waals surface area contributed by atoms with E-state index in [1.807, 2.05) is 0 Å². The average Bonchev–Trinajstić information content (AvgIpc) is 2.25. The van der Waals surface area contributed by atoms with Crippen LogP contribution in [0.15, 0.2) is 0 Å². The summed E-state index contributed by atoms with van der Waals surface area (Å²) in [7, 11) is 0. The van der Waals surface area contributed by atoms with Gasteiger partial charge in [-0.25, -0.2) is 0 Å². The van der Waals surface area contributed by atoms with Crippen LogP contribution in [0.5, 0.6) is 0 Å². The van der Waals surface area contributed by atoms with Crippen molar-refractivity contribution in [1.29, 1.82) is 0 Å². The van der Waals surface area contributed by atoms with Gasteiger partial charge >= 0.3 is 65.1 Å². The molecule has 0 atom stereocenters. The number of nitrogens with two attached hydrogens (primary N) is 1. The van der Waals surface area contributed by atoms with Gasteiger partial charge in [-0.3, -0.25) is 51.7 Å². The second-order valence-electron chi connectivity index (χ2n) is 2.85. The van der Waals surface area contributed by atoms with Crippen molar-refractivity contribution in [2.75, 3.05) is 13.1 Å². The zero-order chi connectivity index (χ0) is 20.7. The van der Waals surface area contributed by atoms with E-state index in [0.29, 0.717) is 13.1 Å². The standard InChI is InChI=1S/C4H10N2O2.4C2H3O2.Mn.2Na.2H/c1-4(7)8-6-3-2-5;4*1-2(3)4;;;;;/h6H,2-3,5H2,1H3;4*1H2,(H,3,4);;;;;/q;4*-1;;2*+1;2*-1. The molecule has 1 radical (unpaired) electrons. The fourth-order valence-corrected chi connectivity index (χ4v) is 0.212. The van der Waals surface area contributed by atoms with Crippen LogP contribution in [0.1, 0.15) is 9.78 Å². The molecule has 0 rings (SSSR count). The minimum atomic E-state index is -1.08. The van der Waals surface area contributed by atoms with Gasteiger partial charge in [-0.2, -0.15) is 5.48 Å². The molecule has 0 unspecified atom stereocenters. The zero-order valence-electron chi connectivity index (χ0n) is 17.4. The molecule has 0 fully saturated rings. The summed E-state index contributed by atoms with van der Waals surface area (Å²) in [5.41, 5.74) is 7.42. The van der Waals surface area contributed by atoms with E-state index in [0.717, 1.165) is 0 Å². The average molecular weight is 457 g/mol. The van der Waals surface area contributed by atoms with E-state index in [9.17, 15) is 4.79 Å². The Kier molecular flexibility index (Phi) is 83.0. The third-order valence-corrected chi connectivity index (χ3v) is 0.462. The fraction of sp³-hybridized carbons (Fsp3) is 0.250. The molecule has 0 aliphatic rings. The summed E-state index contributed by atoms with van der Waals surface area (Å²) in [6, 6.07) is 0. The van der Waals surface area contributed by atoms with Gasteiger partial charge in [0.1, 0.15) is 0 Å². The zero-order valence-corrected chi connectivity index (χ0v) is 20.6. The monoisotopic (exact) mass is 457 g/mol. The summed E-state index contributed by atoms with van der Waals surface area (Å²) >= 11 is 0. The number of hydrogen-bond acceptors (Lipinski definition) is 8. The van der Waals surface area contributed by atoms with Gasteiger partial charge in [-0.05, 0) is 0 Å². The molecule has 0 bridgehead atoms. The van der Waals surface area contributed by atoms with Crippen LogP contribution >= 0.6 is 0 Å². The molecule has 0 saturated heterocycles. The number of rotatable bonds is 3. The molecule has 0 spiro atoms. The molecular weight excluding hydrogens is 433 g/mol. The van der Waals surface area contributed by atoms with Crippen molar-refractivity contribution in [3.63, 3.8) is 0 Å². The third kappa shape index (κ3) is 751. The largest absolute Gasteiger partial charge is 1.00 e. The Bertz CT molecular complexity index is 321. The van der Waals surface area contributed by atoms with Gasteiger partial charge in [0.2, 0.25) is 0 Å². The Morgan fingerprint density at radius 3 is 1.15 bits per heavy atom. The van der Waals surface area contributed by atoms with E-state index in [4.69, 9.17) is 45.3 Å². The van der Waals surface area contributed by atoms with Crippen LogP contribution < -0.4 is 70.3 Å². The SMILES string of the molecule is CC(=O)ONCCN.[CH2-]C(=O)O.[CH2-]C(=O)O.[CH2-]C(=O)O.[CH2-]C(=O)O.[H-].[H-].[Mn].[Na+].[Na+]. The maximum absolute atomic E-state index is 9.99. The summed E-state index contributed by atoms with van der Waals surface area (Å²) in [5.74, 6) is -4.68. The minimum Gasteiger partial charge on any atom is -1.00 e. The maximum Gasteiger partial charge on any atom is 1.00 e. The van der Waals surface area contributed by atoms with Crippen LogP contribution in [-0.4, -0.2) is 63.4 Å². The molecule has 0 aromatic heterocycles. The summed E-state index contributed by atoms with van der Waals surface area (Å²) in [6.07, 6.45) is 0.